The molecular weight excluding hydrogens is 250 g/mol. The molecule has 4 nitrogen and oxygen atoms in total. The summed E-state index contributed by atoms with van der Waals surface area (Å²) in [5.41, 5.74) is 1.06. The summed E-state index contributed by atoms with van der Waals surface area (Å²) in [5, 5.41) is 2.64. The highest BCUT2D eigenvalue weighted by Gasteiger charge is 2.06. The molecule has 0 spiro atoms. The van der Waals surface area contributed by atoms with Crippen LogP contribution in [0.3, 0.4) is 0 Å². The van der Waals surface area contributed by atoms with Crippen molar-refractivity contribution in [2.45, 2.75) is 6.42 Å². The third-order valence-corrected chi connectivity index (χ3v) is 3.17. The molecular formula is C13H17NO3S. The SMILES string of the molecule is CS(=O)(=O)CCC(=O)NC/C=C\c1ccccc1. The number of amides is 1. The number of sulfone groups is 1. The summed E-state index contributed by atoms with van der Waals surface area (Å²) in [6, 6.07) is 9.73. The molecule has 1 N–H and O–H groups in total. The van der Waals surface area contributed by atoms with Crippen LogP contribution < -0.4 is 5.32 Å². The third kappa shape index (κ3) is 6.85. The second-order valence-corrected chi connectivity index (χ2v) is 6.26. The van der Waals surface area contributed by atoms with Crippen LogP contribution in [0, 0.1) is 0 Å². The first-order valence-corrected chi connectivity index (χ1v) is 7.69. The zero-order valence-corrected chi connectivity index (χ0v) is 11.1. The van der Waals surface area contributed by atoms with Gasteiger partial charge in [-0.15, -0.1) is 0 Å². The Kier molecular flexibility index (Phi) is 5.58. The molecule has 5 heteroatoms. The standard InChI is InChI=1S/C13H17NO3S/c1-18(16,17)11-9-13(15)14-10-5-8-12-6-3-2-4-7-12/h2-8H,9-11H2,1H3,(H,14,15)/b8-5-. The van der Waals surface area contributed by atoms with Gasteiger partial charge < -0.3 is 5.32 Å². The molecule has 1 rings (SSSR count). The first-order valence-electron chi connectivity index (χ1n) is 5.63. The van der Waals surface area contributed by atoms with E-state index >= 15 is 0 Å². The Bertz CT molecular complexity index is 506. The van der Waals surface area contributed by atoms with Gasteiger partial charge in [0.05, 0.1) is 5.75 Å². The van der Waals surface area contributed by atoms with E-state index in [9.17, 15) is 13.2 Å². The molecule has 0 heterocycles. The van der Waals surface area contributed by atoms with Crippen molar-refractivity contribution < 1.29 is 13.2 Å². The van der Waals surface area contributed by atoms with Gasteiger partial charge in [0, 0.05) is 19.2 Å². The molecule has 0 saturated carbocycles. The Morgan fingerprint density at radius 3 is 2.56 bits per heavy atom. The van der Waals surface area contributed by atoms with Crippen LogP contribution in [0.25, 0.3) is 6.08 Å². The summed E-state index contributed by atoms with van der Waals surface area (Å²) in [5.74, 6) is -0.362. The first kappa shape index (κ1) is 14.4. The maximum Gasteiger partial charge on any atom is 0.221 e. The van der Waals surface area contributed by atoms with Crippen LogP contribution in [0.15, 0.2) is 36.4 Å². The largest absolute Gasteiger partial charge is 0.353 e. The molecule has 0 aliphatic carbocycles. The number of carbonyl (C=O) groups is 1. The van der Waals surface area contributed by atoms with Crippen LogP contribution in [-0.2, 0) is 14.6 Å². The summed E-state index contributed by atoms with van der Waals surface area (Å²) in [6.07, 6.45) is 4.86. The normalized spacial score (nSPS) is 11.6. The predicted molar refractivity (Wildman–Crippen MR) is 72.8 cm³/mol. The minimum absolute atomic E-state index is 0.0119. The van der Waals surface area contributed by atoms with E-state index in [1.165, 1.54) is 0 Å². The lowest BCUT2D eigenvalue weighted by Crippen LogP contribution is -2.25. The number of carbonyl (C=O) groups excluding carboxylic acids is 1. The monoisotopic (exact) mass is 267 g/mol. The van der Waals surface area contributed by atoms with Gasteiger partial charge in [-0.2, -0.15) is 0 Å². The van der Waals surface area contributed by atoms with Gasteiger partial charge in [-0.05, 0) is 5.56 Å². The second kappa shape index (κ2) is 6.96. The summed E-state index contributed by atoms with van der Waals surface area (Å²) >= 11 is 0. The number of hydrogen-bond acceptors (Lipinski definition) is 3. The van der Waals surface area contributed by atoms with Crippen molar-refractivity contribution in [3.63, 3.8) is 0 Å². The van der Waals surface area contributed by atoms with Crippen molar-refractivity contribution in [3.8, 4) is 0 Å². The van der Waals surface area contributed by atoms with Gasteiger partial charge in [-0.1, -0.05) is 42.5 Å². The van der Waals surface area contributed by atoms with Crippen LogP contribution >= 0.6 is 0 Å². The number of hydrogen-bond donors (Lipinski definition) is 1. The van der Waals surface area contributed by atoms with Gasteiger partial charge in [-0.3, -0.25) is 4.79 Å². The van der Waals surface area contributed by atoms with Crippen molar-refractivity contribution in [1.82, 2.24) is 5.32 Å². The molecule has 0 saturated heterocycles. The Labute approximate surface area is 108 Å². The van der Waals surface area contributed by atoms with Gasteiger partial charge in [0.25, 0.3) is 0 Å². The zero-order valence-electron chi connectivity index (χ0n) is 10.3. The fraction of sp³-hybridized carbons (Fsp3) is 0.308. The Hall–Kier alpha value is -1.62. The van der Waals surface area contributed by atoms with Gasteiger partial charge in [-0.25, -0.2) is 8.42 Å². The third-order valence-electron chi connectivity index (χ3n) is 2.23. The summed E-state index contributed by atoms with van der Waals surface area (Å²) in [7, 11) is -3.07. The molecule has 0 atom stereocenters. The molecule has 0 aliphatic rings. The Morgan fingerprint density at radius 1 is 1.28 bits per heavy atom. The number of nitrogens with one attached hydrogen (secondary N) is 1. The lowest BCUT2D eigenvalue weighted by atomic mass is 10.2. The highest BCUT2D eigenvalue weighted by molar-refractivity contribution is 7.90. The lowest BCUT2D eigenvalue weighted by molar-refractivity contribution is -0.120. The number of benzene rings is 1. The van der Waals surface area contributed by atoms with Crippen molar-refractivity contribution in [3.05, 3.63) is 42.0 Å². The van der Waals surface area contributed by atoms with E-state index in [-0.39, 0.29) is 18.1 Å². The van der Waals surface area contributed by atoms with Crippen molar-refractivity contribution in [1.29, 1.82) is 0 Å². The fourth-order valence-electron chi connectivity index (χ4n) is 1.30. The van der Waals surface area contributed by atoms with E-state index in [1.54, 1.807) is 0 Å². The Morgan fingerprint density at radius 2 is 1.94 bits per heavy atom. The molecule has 0 aromatic heterocycles. The van der Waals surface area contributed by atoms with E-state index in [0.717, 1.165) is 11.8 Å². The van der Waals surface area contributed by atoms with E-state index in [2.05, 4.69) is 5.32 Å². The Balaban J connectivity index is 2.26. The molecule has 1 aromatic carbocycles. The highest BCUT2D eigenvalue weighted by atomic mass is 32.2. The van der Waals surface area contributed by atoms with Crippen LogP contribution in [0.5, 0.6) is 0 Å². The van der Waals surface area contributed by atoms with Gasteiger partial charge in [0.2, 0.25) is 5.91 Å². The summed E-state index contributed by atoms with van der Waals surface area (Å²) < 4.78 is 21.7. The topological polar surface area (TPSA) is 63.2 Å². The van der Waals surface area contributed by atoms with E-state index in [4.69, 9.17) is 0 Å². The van der Waals surface area contributed by atoms with Crippen LogP contribution in [-0.4, -0.2) is 32.9 Å². The molecule has 0 fully saturated rings. The summed E-state index contributed by atoms with van der Waals surface area (Å²) in [6.45, 7) is 0.400. The van der Waals surface area contributed by atoms with Crippen LogP contribution in [0.2, 0.25) is 0 Å². The highest BCUT2D eigenvalue weighted by Crippen LogP contribution is 1.99. The van der Waals surface area contributed by atoms with Gasteiger partial charge in [0.1, 0.15) is 9.84 Å². The van der Waals surface area contributed by atoms with Gasteiger partial charge in [0.15, 0.2) is 0 Å². The minimum atomic E-state index is -3.07. The summed E-state index contributed by atoms with van der Waals surface area (Å²) in [4.78, 5) is 11.3. The molecule has 0 radical (unpaired) electrons. The predicted octanol–water partition coefficient (Wildman–Crippen LogP) is 1.25. The van der Waals surface area contributed by atoms with Gasteiger partial charge >= 0.3 is 0 Å². The smallest absolute Gasteiger partial charge is 0.221 e. The maximum atomic E-state index is 11.3. The molecule has 0 bridgehead atoms. The molecule has 1 aromatic rings. The number of rotatable bonds is 6. The van der Waals surface area contributed by atoms with Crippen molar-refractivity contribution in [2.24, 2.45) is 0 Å². The average molecular weight is 267 g/mol. The van der Waals surface area contributed by atoms with Crippen molar-refractivity contribution >= 4 is 21.8 Å². The molecule has 0 unspecified atom stereocenters. The van der Waals surface area contributed by atoms with Crippen LogP contribution in [0.4, 0.5) is 0 Å². The second-order valence-electron chi connectivity index (χ2n) is 4.00. The average Bonchev–Trinajstić information content (AvgIpc) is 2.33. The molecule has 98 valence electrons. The van der Waals surface area contributed by atoms with E-state index in [0.29, 0.717) is 6.54 Å². The molecule has 18 heavy (non-hydrogen) atoms. The van der Waals surface area contributed by atoms with Crippen LogP contribution in [0.1, 0.15) is 12.0 Å². The quantitative estimate of drug-likeness (QED) is 0.843. The zero-order chi connectivity index (χ0) is 13.4. The van der Waals surface area contributed by atoms with E-state index in [1.807, 2.05) is 42.5 Å². The maximum absolute atomic E-state index is 11.3. The molecule has 0 aliphatic heterocycles. The van der Waals surface area contributed by atoms with E-state index < -0.39 is 9.84 Å². The first-order chi connectivity index (χ1) is 8.47. The fourth-order valence-corrected chi connectivity index (χ4v) is 1.85. The molecule has 1 amide bonds. The van der Waals surface area contributed by atoms with Crippen molar-refractivity contribution in [2.75, 3.05) is 18.6 Å². The minimum Gasteiger partial charge on any atom is -0.353 e. The lowest BCUT2D eigenvalue weighted by Gasteiger charge is -2.01.